The number of ether oxygens (including phenoxy) is 2. The van der Waals surface area contributed by atoms with E-state index in [1.807, 2.05) is 23.6 Å². The van der Waals surface area contributed by atoms with Gasteiger partial charge in [-0.3, -0.25) is 0 Å². The highest BCUT2D eigenvalue weighted by molar-refractivity contribution is 7.09. The molecule has 7 heteroatoms. The number of amides is 2. The first-order valence-corrected chi connectivity index (χ1v) is 8.58. The number of nitrogens with one attached hydrogen (secondary N) is 2. The SMILES string of the molecule is COc1ccc(CNC(=O)NCc2csc(C(C)C)n2)cc1OC. The third-order valence-corrected chi connectivity index (χ3v) is 4.59. The summed E-state index contributed by atoms with van der Waals surface area (Å²) in [6.45, 7) is 5.03. The maximum absolute atomic E-state index is 11.9. The molecule has 1 aromatic heterocycles. The highest BCUT2D eigenvalue weighted by atomic mass is 32.1. The van der Waals surface area contributed by atoms with E-state index in [1.54, 1.807) is 25.6 Å². The van der Waals surface area contributed by atoms with Crippen LogP contribution in [0.5, 0.6) is 11.5 Å². The van der Waals surface area contributed by atoms with Crippen LogP contribution in [0.1, 0.15) is 36.0 Å². The van der Waals surface area contributed by atoms with Crippen LogP contribution in [0, 0.1) is 0 Å². The minimum absolute atomic E-state index is 0.233. The Labute approximate surface area is 146 Å². The average Bonchev–Trinajstić information content (AvgIpc) is 3.07. The standard InChI is InChI=1S/C17H23N3O3S/c1-11(2)16-20-13(10-24-16)9-19-17(21)18-8-12-5-6-14(22-3)15(7-12)23-4/h5-7,10-11H,8-9H2,1-4H3,(H2,18,19,21). The Morgan fingerprint density at radius 2 is 1.88 bits per heavy atom. The van der Waals surface area contributed by atoms with Crippen molar-refractivity contribution in [3.8, 4) is 11.5 Å². The van der Waals surface area contributed by atoms with Gasteiger partial charge in [-0.15, -0.1) is 11.3 Å². The van der Waals surface area contributed by atoms with Crippen LogP contribution in [0.4, 0.5) is 4.79 Å². The van der Waals surface area contributed by atoms with Gasteiger partial charge in [0.05, 0.1) is 31.5 Å². The third-order valence-electron chi connectivity index (χ3n) is 3.39. The molecule has 0 saturated carbocycles. The number of aromatic nitrogens is 1. The molecule has 2 N–H and O–H groups in total. The molecule has 0 aliphatic heterocycles. The molecular formula is C17H23N3O3S. The van der Waals surface area contributed by atoms with Crippen molar-refractivity contribution in [2.75, 3.05) is 14.2 Å². The van der Waals surface area contributed by atoms with Gasteiger partial charge in [0.15, 0.2) is 11.5 Å². The minimum Gasteiger partial charge on any atom is -0.493 e. The molecule has 0 aliphatic carbocycles. The third kappa shape index (κ3) is 4.86. The summed E-state index contributed by atoms with van der Waals surface area (Å²) in [7, 11) is 3.17. The fraction of sp³-hybridized carbons (Fsp3) is 0.412. The number of hydrogen-bond donors (Lipinski definition) is 2. The molecule has 2 amide bonds. The van der Waals surface area contributed by atoms with Gasteiger partial charge in [-0.25, -0.2) is 9.78 Å². The van der Waals surface area contributed by atoms with E-state index in [0.717, 1.165) is 16.3 Å². The van der Waals surface area contributed by atoms with Crippen molar-refractivity contribution in [2.45, 2.75) is 32.9 Å². The Morgan fingerprint density at radius 3 is 2.50 bits per heavy atom. The lowest BCUT2D eigenvalue weighted by atomic mass is 10.2. The van der Waals surface area contributed by atoms with Crippen LogP contribution >= 0.6 is 11.3 Å². The molecule has 6 nitrogen and oxygen atoms in total. The zero-order chi connectivity index (χ0) is 17.5. The first-order chi connectivity index (χ1) is 11.5. The molecule has 2 aromatic rings. The number of rotatable bonds is 7. The summed E-state index contributed by atoms with van der Waals surface area (Å²) in [5, 5.41) is 8.68. The van der Waals surface area contributed by atoms with E-state index < -0.39 is 0 Å². The van der Waals surface area contributed by atoms with E-state index in [0.29, 0.717) is 30.5 Å². The molecule has 0 spiro atoms. The second kappa shape index (κ2) is 8.54. The molecule has 0 bridgehead atoms. The molecule has 0 fully saturated rings. The second-order valence-corrected chi connectivity index (χ2v) is 6.45. The van der Waals surface area contributed by atoms with Gasteiger partial charge in [0, 0.05) is 17.8 Å². The first-order valence-electron chi connectivity index (χ1n) is 7.70. The summed E-state index contributed by atoms with van der Waals surface area (Å²) in [6, 6.07) is 5.31. The number of benzene rings is 1. The fourth-order valence-electron chi connectivity index (χ4n) is 2.08. The van der Waals surface area contributed by atoms with Crippen LogP contribution in [-0.4, -0.2) is 25.2 Å². The fourth-order valence-corrected chi connectivity index (χ4v) is 2.91. The Hall–Kier alpha value is -2.28. The van der Waals surface area contributed by atoms with Crippen molar-refractivity contribution in [1.29, 1.82) is 0 Å². The summed E-state index contributed by atoms with van der Waals surface area (Å²) in [6.07, 6.45) is 0. The van der Waals surface area contributed by atoms with E-state index >= 15 is 0 Å². The lowest BCUT2D eigenvalue weighted by molar-refractivity contribution is 0.240. The molecule has 0 saturated heterocycles. The molecule has 130 valence electrons. The molecule has 2 rings (SSSR count). The molecule has 0 aliphatic rings. The van der Waals surface area contributed by atoms with Crippen LogP contribution < -0.4 is 20.1 Å². The van der Waals surface area contributed by atoms with E-state index in [-0.39, 0.29) is 6.03 Å². The van der Waals surface area contributed by atoms with Gasteiger partial charge in [-0.05, 0) is 17.7 Å². The van der Waals surface area contributed by atoms with Crippen LogP contribution in [0.3, 0.4) is 0 Å². The predicted molar refractivity (Wildman–Crippen MR) is 94.8 cm³/mol. The number of carbonyl (C=O) groups is 1. The molecule has 0 radical (unpaired) electrons. The largest absolute Gasteiger partial charge is 0.493 e. The van der Waals surface area contributed by atoms with Gasteiger partial charge in [0.1, 0.15) is 0 Å². The van der Waals surface area contributed by atoms with Crippen LogP contribution in [0.25, 0.3) is 0 Å². The number of thiazole rings is 1. The quantitative estimate of drug-likeness (QED) is 0.804. The van der Waals surface area contributed by atoms with Crippen LogP contribution in [0.15, 0.2) is 23.6 Å². The first kappa shape index (κ1) is 18.1. The van der Waals surface area contributed by atoms with E-state index in [2.05, 4.69) is 29.5 Å². The molecular weight excluding hydrogens is 326 g/mol. The average molecular weight is 349 g/mol. The Bertz CT molecular complexity index is 685. The van der Waals surface area contributed by atoms with Crippen LogP contribution in [0.2, 0.25) is 0 Å². The van der Waals surface area contributed by atoms with Gasteiger partial charge >= 0.3 is 6.03 Å². The van der Waals surface area contributed by atoms with Crippen molar-refractivity contribution in [1.82, 2.24) is 15.6 Å². The molecule has 1 heterocycles. The summed E-state index contributed by atoms with van der Waals surface area (Å²) in [4.78, 5) is 16.4. The van der Waals surface area contributed by atoms with Crippen molar-refractivity contribution in [3.63, 3.8) is 0 Å². The predicted octanol–water partition coefficient (Wildman–Crippen LogP) is 3.28. The van der Waals surface area contributed by atoms with Gasteiger partial charge in [-0.2, -0.15) is 0 Å². The summed E-state index contributed by atoms with van der Waals surface area (Å²) in [5.41, 5.74) is 1.81. The minimum atomic E-state index is -0.233. The Kier molecular flexibility index (Phi) is 6.43. The number of hydrogen-bond acceptors (Lipinski definition) is 5. The number of carbonyl (C=O) groups excluding carboxylic acids is 1. The van der Waals surface area contributed by atoms with Crippen molar-refractivity contribution in [3.05, 3.63) is 39.8 Å². The summed E-state index contributed by atoms with van der Waals surface area (Å²) < 4.78 is 10.4. The summed E-state index contributed by atoms with van der Waals surface area (Å²) in [5.74, 6) is 1.71. The molecule has 24 heavy (non-hydrogen) atoms. The number of methoxy groups -OCH3 is 2. The van der Waals surface area contributed by atoms with E-state index in [4.69, 9.17) is 9.47 Å². The van der Waals surface area contributed by atoms with Crippen molar-refractivity contribution in [2.24, 2.45) is 0 Å². The van der Waals surface area contributed by atoms with E-state index in [1.165, 1.54) is 0 Å². The zero-order valence-corrected chi connectivity index (χ0v) is 15.2. The highest BCUT2D eigenvalue weighted by Gasteiger charge is 2.08. The Balaban J connectivity index is 1.82. The highest BCUT2D eigenvalue weighted by Crippen LogP contribution is 2.27. The Morgan fingerprint density at radius 1 is 1.17 bits per heavy atom. The maximum atomic E-state index is 11.9. The zero-order valence-electron chi connectivity index (χ0n) is 14.4. The van der Waals surface area contributed by atoms with Gasteiger partial charge in [0.2, 0.25) is 0 Å². The van der Waals surface area contributed by atoms with Crippen molar-refractivity contribution < 1.29 is 14.3 Å². The van der Waals surface area contributed by atoms with Gasteiger partial charge in [-0.1, -0.05) is 19.9 Å². The molecule has 0 atom stereocenters. The second-order valence-electron chi connectivity index (χ2n) is 5.56. The summed E-state index contributed by atoms with van der Waals surface area (Å²) >= 11 is 1.62. The lowest BCUT2D eigenvalue weighted by Crippen LogP contribution is -2.34. The number of urea groups is 1. The topological polar surface area (TPSA) is 72.5 Å². The van der Waals surface area contributed by atoms with Crippen LogP contribution in [-0.2, 0) is 13.1 Å². The monoisotopic (exact) mass is 349 g/mol. The molecule has 1 aromatic carbocycles. The molecule has 0 unspecified atom stereocenters. The lowest BCUT2D eigenvalue weighted by Gasteiger charge is -2.10. The van der Waals surface area contributed by atoms with Crippen molar-refractivity contribution >= 4 is 17.4 Å². The van der Waals surface area contributed by atoms with Gasteiger partial charge in [0.25, 0.3) is 0 Å². The van der Waals surface area contributed by atoms with Gasteiger partial charge < -0.3 is 20.1 Å². The smallest absolute Gasteiger partial charge is 0.315 e. The maximum Gasteiger partial charge on any atom is 0.315 e. The van der Waals surface area contributed by atoms with E-state index in [9.17, 15) is 4.79 Å². The number of nitrogens with zero attached hydrogens (tertiary/aromatic N) is 1. The normalized spacial score (nSPS) is 10.5.